The summed E-state index contributed by atoms with van der Waals surface area (Å²) in [7, 11) is 0. The number of nitrogens with one attached hydrogen (secondary N) is 2. The normalized spacial score (nSPS) is 10.5. The fourth-order valence-corrected chi connectivity index (χ4v) is 2.98. The Balaban J connectivity index is 1.72. The molecule has 1 aromatic heterocycles. The Morgan fingerprint density at radius 2 is 1.74 bits per heavy atom. The van der Waals surface area contributed by atoms with Crippen LogP contribution in [0.2, 0.25) is 0 Å². The van der Waals surface area contributed by atoms with Gasteiger partial charge in [-0.05, 0) is 36.2 Å². The van der Waals surface area contributed by atoms with E-state index in [9.17, 15) is 23.2 Å². The minimum Gasteiger partial charge on any atom is -0.347 e. The zero-order valence-electron chi connectivity index (χ0n) is 16.8. The van der Waals surface area contributed by atoms with Crippen LogP contribution in [0.5, 0.6) is 0 Å². The van der Waals surface area contributed by atoms with Crippen LogP contribution in [0.3, 0.4) is 0 Å². The summed E-state index contributed by atoms with van der Waals surface area (Å²) in [6, 6.07) is 14.3. The van der Waals surface area contributed by atoms with Crippen LogP contribution in [-0.4, -0.2) is 16.4 Å². The highest BCUT2D eigenvalue weighted by atomic mass is 19.1. The molecular formula is C23H21F2N3O3. The number of amides is 2. The van der Waals surface area contributed by atoms with Gasteiger partial charge in [-0.3, -0.25) is 19.0 Å². The van der Waals surface area contributed by atoms with E-state index in [2.05, 4.69) is 10.6 Å². The first kappa shape index (κ1) is 21.9. The summed E-state index contributed by atoms with van der Waals surface area (Å²) in [4.78, 5) is 37.3. The summed E-state index contributed by atoms with van der Waals surface area (Å²) in [5.74, 6) is -2.66. The fraction of sp³-hybridized carbons (Fsp3) is 0.174. The van der Waals surface area contributed by atoms with Crippen molar-refractivity contribution in [1.82, 2.24) is 9.88 Å². The van der Waals surface area contributed by atoms with E-state index in [4.69, 9.17) is 0 Å². The number of hydrogen-bond acceptors (Lipinski definition) is 3. The maximum Gasteiger partial charge on any atom is 0.268 e. The molecule has 0 bridgehead atoms. The van der Waals surface area contributed by atoms with Crippen LogP contribution >= 0.6 is 0 Å². The summed E-state index contributed by atoms with van der Waals surface area (Å²) >= 11 is 0. The van der Waals surface area contributed by atoms with Crippen molar-refractivity contribution < 1.29 is 18.4 Å². The van der Waals surface area contributed by atoms with Crippen molar-refractivity contribution in [2.24, 2.45) is 0 Å². The number of nitrogens with zero attached hydrogens (tertiary/aromatic N) is 1. The minimum atomic E-state index is -0.792. The van der Waals surface area contributed by atoms with Gasteiger partial charge in [-0.1, -0.05) is 31.2 Å². The Morgan fingerprint density at radius 1 is 1.00 bits per heavy atom. The molecule has 2 aromatic carbocycles. The highest BCUT2D eigenvalue weighted by Crippen LogP contribution is 2.11. The second kappa shape index (κ2) is 9.80. The lowest BCUT2D eigenvalue weighted by Crippen LogP contribution is -2.34. The van der Waals surface area contributed by atoms with Crippen LogP contribution < -0.4 is 16.2 Å². The average Bonchev–Trinajstić information content (AvgIpc) is 2.75. The SMILES string of the molecule is CCc1ccc(NC(=O)Cn2c(C(=O)NCc3ccc(F)cc3F)cccc2=O)cc1. The Morgan fingerprint density at radius 3 is 2.42 bits per heavy atom. The van der Waals surface area contributed by atoms with E-state index in [0.717, 1.165) is 28.7 Å². The van der Waals surface area contributed by atoms with Crippen molar-refractivity contribution >= 4 is 17.5 Å². The number of aryl methyl sites for hydroxylation is 1. The smallest absolute Gasteiger partial charge is 0.268 e. The van der Waals surface area contributed by atoms with Crippen molar-refractivity contribution in [3.05, 3.63) is 99.5 Å². The van der Waals surface area contributed by atoms with Crippen LogP contribution in [0.1, 0.15) is 28.5 Å². The van der Waals surface area contributed by atoms with E-state index in [0.29, 0.717) is 5.69 Å². The molecule has 3 rings (SSSR count). The molecule has 0 fully saturated rings. The standard InChI is InChI=1S/C23H21F2N3O3/c1-2-15-6-10-18(11-7-15)27-21(29)14-28-20(4-3-5-22(28)30)23(31)26-13-16-8-9-17(24)12-19(16)25/h3-12H,2,13-14H2,1H3,(H,26,31)(H,27,29). The van der Waals surface area contributed by atoms with Gasteiger partial charge in [0.2, 0.25) is 5.91 Å². The Hall–Kier alpha value is -3.81. The summed E-state index contributed by atoms with van der Waals surface area (Å²) in [5, 5.41) is 5.18. The molecule has 0 saturated heterocycles. The Bertz CT molecular complexity index is 1160. The molecule has 31 heavy (non-hydrogen) atoms. The lowest BCUT2D eigenvalue weighted by Gasteiger charge is -2.13. The molecule has 3 aromatic rings. The van der Waals surface area contributed by atoms with Crippen LogP contribution in [0.25, 0.3) is 0 Å². The second-order valence-electron chi connectivity index (χ2n) is 6.85. The maximum atomic E-state index is 13.8. The summed E-state index contributed by atoms with van der Waals surface area (Å²) in [6.45, 7) is 1.44. The van der Waals surface area contributed by atoms with Gasteiger partial charge in [0.1, 0.15) is 23.9 Å². The Labute approximate surface area is 177 Å². The van der Waals surface area contributed by atoms with Crippen molar-refractivity contribution in [3.8, 4) is 0 Å². The van der Waals surface area contributed by atoms with Gasteiger partial charge in [0.25, 0.3) is 11.5 Å². The third-order valence-electron chi connectivity index (χ3n) is 4.68. The third kappa shape index (κ3) is 5.63. The van der Waals surface area contributed by atoms with Gasteiger partial charge in [-0.2, -0.15) is 0 Å². The number of pyridine rings is 1. The van der Waals surface area contributed by atoms with Gasteiger partial charge in [0.05, 0.1) is 0 Å². The lowest BCUT2D eigenvalue weighted by atomic mass is 10.1. The van der Waals surface area contributed by atoms with E-state index >= 15 is 0 Å². The molecule has 6 nitrogen and oxygen atoms in total. The van der Waals surface area contributed by atoms with E-state index in [1.807, 2.05) is 19.1 Å². The fourth-order valence-electron chi connectivity index (χ4n) is 2.98. The first-order chi connectivity index (χ1) is 14.9. The van der Waals surface area contributed by atoms with Crippen LogP contribution in [0, 0.1) is 11.6 Å². The predicted molar refractivity (Wildman–Crippen MR) is 113 cm³/mol. The number of halogens is 2. The molecule has 0 aliphatic heterocycles. The van der Waals surface area contributed by atoms with E-state index < -0.39 is 29.0 Å². The molecule has 0 aliphatic carbocycles. The molecule has 0 unspecified atom stereocenters. The van der Waals surface area contributed by atoms with Crippen molar-refractivity contribution in [3.63, 3.8) is 0 Å². The molecular weight excluding hydrogens is 404 g/mol. The summed E-state index contributed by atoms with van der Waals surface area (Å²) in [5.41, 5.74) is 1.20. The predicted octanol–water partition coefficient (Wildman–Crippen LogP) is 3.26. The van der Waals surface area contributed by atoms with Gasteiger partial charge in [-0.25, -0.2) is 8.78 Å². The van der Waals surface area contributed by atoms with Gasteiger partial charge in [-0.15, -0.1) is 0 Å². The number of anilines is 1. The van der Waals surface area contributed by atoms with Crippen molar-refractivity contribution in [2.45, 2.75) is 26.4 Å². The first-order valence-electron chi connectivity index (χ1n) is 9.68. The zero-order chi connectivity index (χ0) is 22.4. The van der Waals surface area contributed by atoms with Crippen LogP contribution in [0.15, 0.2) is 65.5 Å². The lowest BCUT2D eigenvalue weighted by molar-refractivity contribution is -0.116. The van der Waals surface area contributed by atoms with E-state index in [1.54, 1.807) is 12.1 Å². The van der Waals surface area contributed by atoms with Crippen molar-refractivity contribution in [2.75, 3.05) is 5.32 Å². The second-order valence-corrected chi connectivity index (χ2v) is 6.85. The Kier molecular flexibility index (Phi) is 6.92. The van der Waals surface area contributed by atoms with Crippen LogP contribution in [0.4, 0.5) is 14.5 Å². The average molecular weight is 425 g/mol. The van der Waals surface area contributed by atoms with Gasteiger partial charge in [0.15, 0.2) is 0 Å². The topological polar surface area (TPSA) is 80.2 Å². The molecule has 0 atom stereocenters. The summed E-state index contributed by atoms with van der Waals surface area (Å²) in [6.07, 6.45) is 0.869. The molecule has 2 amide bonds. The number of hydrogen-bond donors (Lipinski definition) is 2. The molecule has 0 aliphatic rings. The number of carbonyl (C=O) groups excluding carboxylic acids is 2. The molecule has 2 N–H and O–H groups in total. The molecule has 1 heterocycles. The minimum absolute atomic E-state index is 0.0495. The third-order valence-corrected chi connectivity index (χ3v) is 4.68. The van der Waals surface area contributed by atoms with E-state index in [1.165, 1.54) is 24.3 Å². The number of rotatable bonds is 7. The highest BCUT2D eigenvalue weighted by Gasteiger charge is 2.15. The number of carbonyl (C=O) groups is 2. The largest absolute Gasteiger partial charge is 0.347 e. The molecule has 0 spiro atoms. The molecule has 0 saturated carbocycles. The maximum absolute atomic E-state index is 13.8. The zero-order valence-corrected chi connectivity index (χ0v) is 16.8. The first-order valence-corrected chi connectivity index (χ1v) is 9.68. The van der Waals surface area contributed by atoms with Crippen molar-refractivity contribution in [1.29, 1.82) is 0 Å². The number of benzene rings is 2. The molecule has 0 radical (unpaired) electrons. The number of aromatic nitrogens is 1. The van der Waals surface area contributed by atoms with Gasteiger partial charge in [0, 0.05) is 29.9 Å². The van der Waals surface area contributed by atoms with Crippen LogP contribution in [-0.2, 0) is 24.3 Å². The van der Waals surface area contributed by atoms with E-state index in [-0.39, 0.29) is 24.3 Å². The van der Waals surface area contributed by atoms with Gasteiger partial charge >= 0.3 is 0 Å². The molecule has 8 heteroatoms. The quantitative estimate of drug-likeness (QED) is 0.610. The summed E-state index contributed by atoms with van der Waals surface area (Å²) < 4.78 is 27.8. The van der Waals surface area contributed by atoms with Gasteiger partial charge < -0.3 is 10.6 Å². The molecule has 160 valence electrons. The highest BCUT2D eigenvalue weighted by molar-refractivity contribution is 5.94. The monoisotopic (exact) mass is 425 g/mol.